The van der Waals surface area contributed by atoms with Gasteiger partial charge in [-0.1, -0.05) is 18.0 Å². The van der Waals surface area contributed by atoms with Crippen molar-refractivity contribution in [3.63, 3.8) is 0 Å². The molecule has 0 aliphatic carbocycles. The summed E-state index contributed by atoms with van der Waals surface area (Å²) >= 11 is 6.00. The molecule has 0 radical (unpaired) electrons. The van der Waals surface area contributed by atoms with Gasteiger partial charge in [0, 0.05) is 19.8 Å². The molecule has 2 atom stereocenters. The molecular formula is C15H20ClN5O2. The number of hydrogen-bond acceptors (Lipinski definition) is 5. The number of hydrogen-bond donors (Lipinski definition) is 0. The predicted octanol–water partition coefficient (Wildman–Crippen LogP) is 2.54. The van der Waals surface area contributed by atoms with Crippen LogP contribution in [-0.4, -0.2) is 42.7 Å². The molecule has 2 unspecified atom stereocenters. The molecule has 3 heterocycles. The Morgan fingerprint density at radius 1 is 1.43 bits per heavy atom. The van der Waals surface area contributed by atoms with Gasteiger partial charge >= 0.3 is 0 Å². The minimum Gasteiger partial charge on any atom is -0.334 e. The van der Waals surface area contributed by atoms with Gasteiger partial charge in [-0.15, -0.1) is 11.6 Å². The summed E-state index contributed by atoms with van der Waals surface area (Å²) in [5.74, 6) is 0.881. The number of alkyl halides is 1. The number of amides is 1. The second kappa shape index (κ2) is 6.70. The van der Waals surface area contributed by atoms with Crippen LogP contribution in [0, 0.1) is 0 Å². The lowest BCUT2D eigenvalue weighted by atomic mass is 10.1. The molecule has 1 saturated heterocycles. The van der Waals surface area contributed by atoms with Crippen LogP contribution in [0.25, 0.3) is 11.5 Å². The van der Waals surface area contributed by atoms with Crippen LogP contribution in [0.4, 0.5) is 0 Å². The second-order valence-corrected chi connectivity index (χ2v) is 6.53. The molecule has 7 nitrogen and oxygen atoms in total. The van der Waals surface area contributed by atoms with E-state index >= 15 is 0 Å². The average Bonchev–Trinajstić information content (AvgIpc) is 3.10. The average molecular weight is 338 g/mol. The summed E-state index contributed by atoms with van der Waals surface area (Å²) < 4.78 is 7.04. The number of halogens is 1. The van der Waals surface area contributed by atoms with Gasteiger partial charge < -0.3 is 9.42 Å². The zero-order chi connectivity index (χ0) is 16.4. The Balaban J connectivity index is 1.88. The molecule has 1 amide bonds. The van der Waals surface area contributed by atoms with Crippen molar-refractivity contribution in [1.82, 2.24) is 24.8 Å². The van der Waals surface area contributed by atoms with Crippen molar-refractivity contribution in [3.8, 4) is 11.5 Å². The maximum atomic E-state index is 12.4. The van der Waals surface area contributed by atoms with Crippen LogP contribution in [0.1, 0.15) is 44.5 Å². The van der Waals surface area contributed by atoms with Crippen LogP contribution in [-0.2, 0) is 11.8 Å². The van der Waals surface area contributed by atoms with E-state index in [1.54, 1.807) is 22.7 Å². The summed E-state index contributed by atoms with van der Waals surface area (Å²) in [6.45, 7) is 2.38. The van der Waals surface area contributed by atoms with E-state index in [1.165, 1.54) is 0 Å². The molecular weight excluding hydrogens is 318 g/mol. The van der Waals surface area contributed by atoms with Gasteiger partial charge in [-0.2, -0.15) is 10.1 Å². The highest BCUT2D eigenvalue weighted by molar-refractivity contribution is 6.30. The fourth-order valence-electron chi connectivity index (χ4n) is 2.89. The topological polar surface area (TPSA) is 77.0 Å². The van der Waals surface area contributed by atoms with Crippen LogP contribution in [0.3, 0.4) is 0 Å². The first-order chi connectivity index (χ1) is 11.1. The van der Waals surface area contributed by atoms with E-state index in [0.717, 1.165) is 31.2 Å². The lowest BCUT2D eigenvalue weighted by Crippen LogP contribution is -2.39. The van der Waals surface area contributed by atoms with Crippen LogP contribution < -0.4 is 0 Å². The summed E-state index contributed by atoms with van der Waals surface area (Å²) in [4.78, 5) is 18.7. The van der Waals surface area contributed by atoms with E-state index in [2.05, 4.69) is 15.2 Å². The SMILES string of the molecule is CC(Cl)C(=O)N1CCCCCC1c1noc(-c2cnn(C)c2)n1. The number of likely N-dealkylation sites (tertiary alicyclic amines) is 1. The molecule has 1 aliphatic heterocycles. The minimum atomic E-state index is -0.555. The third-order valence-corrected chi connectivity index (χ3v) is 4.25. The summed E-state index contributed by atoms with van der Waals surface area (Å²) in [7, 11) is 1.83. The fourth-order valence-corrected chi connectivity index (χ4v) is 3.01. The normalized spacial score (nSPS) is 20.3. The summed E-state index contributed by atoms with van der Waals surface area (Å²) in [6.07, 6.45) is 7.40. The van der Waals surface area contributed by atoms with Crippen molar-refractivity contribution >= 4 is 17.5 Å². The van der Waals surface area contributed by atoms with E-state index in [0.29, 0.717) is 18.3 Å². The Morgan fingerprint density at radius 3 is 2.96 bits per heavy atom. The Labute approximate surface area is 139 Å². The first-order valence-corrected chi connectivity index (χ1v) is 8.27. The largest absolute Gasteiger partial charge is 0.334 e. The molecule has 0 spiro atoms. The molecule has 3 rings (SSSR count). The molecule has 1 aliphatic rings. The highest BCUT2D eigenvalue weighted by Crippen LogP contribution is 2.30. The van der Waals surface area contributed by atoms with E-state index in [4.69, 9.17) is 16.1 Å². The highest BCUT2D eigenvalue weighted by atomic mass is 35.5. The van der Waals surface area contributed by atoms with Crippen LogP contribution in [0.15, 0.2) is 16.9 Å². The molecule has 2 aromatic rings. The maximum Gasteiger partial charge on any atom is 0.261 e. The Kier molecular flexibility index (Phi) is 4.66. The van der Waals surface area contributed by atoms with Crippen molar-refractivity contribution in [3.05, 3.63) is 18.2 Å². The summed E-state index contributed by atoms with van der Waals surface area (Å²) in [5.41, 5.74) is 0.767. The van der Waals surface area contributed by atoms with Crippen LogP contribution in [0.5, 0.6) is 0 Å². The molecule has 0 N–H and O–H groups in total. The van der Waals surface area contributed by atoms with Crippen molar-refractivity contribution in [2.75, 3.05) is 6.54 Å². The van der Waals surface area contributed by atoms with Gasteiger partial charge in [0.05, 0.1) is 17.8 Å². The van der Waals surface area contributed by atoms with Gasteiger partial charge in [-0.3, -0.25) is 9.48 Å². The van der Waals surface area contributed by atoms with Crippen LogP contribution >= 0.6 is 11.6 Å². The number of rotatable bonds is 3. The standard InChI is InChI=1S/C15H20ClN5O2/c1-10(16)15(22)21-7-5-3-4-6-12(21)13-18-14(23-19-13)11-8-17-20(2)9-11/h8-10,12H,3-7H2,1-2H3. The molecule has 0 aromatic carbocycles. The molecule has 0 bridgehead atoms. The quantitative estimate of drug-likeness (QED) is 0.804. The van der Waals surface area contributed by atoms with Crippen LogP contribution in [0.2, 0.25) is 0 Å². The van der Waals surface area contributed by atoms with Crippen molar-refractivity contribution in [1.29, 1.82) is 0 Å². The zero-order valence-corrected chi connectivity index (χ0v) is 14.0. The van der Waals surface area contributed by atoms with E-state index in [1.807, 2.05) is 13.2 Å². The van der Waals surface area contributed by atoms with Crippen molar-refractivity contribution in [2.24, 2.45) is 7.05 Å². The van der Waals surface area contributed by atoms with Gasteiger partial charge in [-0.25, -0.2) is 0 Å². The lowest BCUT2D eigenvalue weighted by molar-refractivity contribution is -0.133. The number of aryl methyl sites for hydroxylation is 1. The lowest BCUT2D eigenvalue weighted by Gasteiger charge is -2.28. The third-order valence-electron chi connectivity index (χ3n) is 4.07. The number of aromatic nitrogens is 4. The van der Waals surface area contributed by atoms with Crippen molar-refractivity contribution in [2.45, 2.75) is 44.0 Å². The first kappa shape index (κ1) is 16.0. The first-order valence-electron chi connectivity index (χ1n) is 7.83. The molecule has 2 aromatic heterocycles. The van der Waals surface area contributed by atoms with Gasteiger partial charge in [0.25, 0.3) is 5.89 Å². The molecule has 124 valence electrons. The zero-order valence-electron chi connectivity index (χ0n) is 13.3. The van der Waals surface area contributed by atoms with Gasteiger partial charge in [0.1, 0.15) is 5.38 Å². The smallest absolute Gasteiger partial charge is 0.261 e. The summed E-state index contributed by atoms with van der Waals surface area (Å²) in [5, 5.41) is 7.65. The monoisotopic (exact) mass is 337 g/mol. The second-order valence-electron chi connectivity index (χ2n) is 5.87. The molecule has 1 fully saturated rings. The van der Waals surface area contributed by atoms with Gasteiger partial charge in [-0.05, 0) is 19.8 Å². The Morgan fingerprint density at radius 2 is 2.26 bits per heavy atom. The number of nitrogens with zero attached hydrogens (tertiary/aromatic N) is 5. The highest BCUT2D eigenvalue weighted by Gasteiger charge is 2.32. The molecule has 23 heavy (non-hydrogen) atoms. The van der Waals surface area contributed by atoms with E-state index < -0.39 is 5.38 Å². The van der Waals surface area contributed by atoms with Gasteiger partial charge in [0.2, 0.25) is 5.91 Å². The predicted molar refractivity (Wildman–Crippen MR) is 84.7 cm³/mol. The molecule has 0 saturated carbocycles. The summed E-state index contributed by atoms with van der Waals surface area (Å²) in [6, 6.07) is -0.180. The van der Waals surface area contributed by atoms with Gasteiger partial charge in [0.15, 0.2) is 5.82 Å². The fraction of sp³-hybridized carbons (Fsp3) is 0.600. The van der Waals surface area contributed by atoms with E-state index in [9.17, 15) is 4.79 Å². The maximum absolute atomic E-state index is 12.4. The number of carbonyl (C=O) groups excluding carboxylic acids is 1. The van der Waals surface area contributed by atoms with E-state index in [-0.39, 0.29) is 11.9 Å². The Bertz CT molecular complexity index is 681. The number of carbonyl (C=O) groups is 1. The minimum absolute atomic E-state index is 0.0775. The third kappa shape index (κ3) is 3.39. The molecule has 8 heteroatoms. The van der Waals surface area contributed by atoms with Crippen molar-refractivity contribution < 1.29 is 9.32 Å². The Hall–Kier alpha value is -1.89.